The van der Waals surface area contributed by atoms with Gasteiger partial charge in [-0.2, -0.15) is 0 Å². The van der Waals surface area contributed by atoms with Crippen molar-refractivity contribution >= 4 is 5.91 Å². The predicted octanol–water partition coefficient (Wildman–Crippen LogP) is 6.10. The molecular weight excluding hydrogens is 348 g/mol. The summed E-state index contributed by atoms with van der Waals surface area (Å²) in [5.41, 5.74) is -0.0468. The fourth-order valence-electron chi connectivity index (χ4n) is 2.94. The normalized spacial score (nSPS) is 15.4. The van der Waals surface area contributed by atoms with Crippen LogP contribution < -0.4 is 0 Å². The van der Waals surface area contributed by atoms with Crippen LogP contribution in [-0.2, 0) is 9.53 Å². The van der Waals surface area contributed by atoms with E-state index in [2.05, 4.69) is 39.5 Å². The van der Waals surface area contributed by atoms with Crippen LogP contribution >= 0.6 is 0 Å². The molecule has 0 aliphatic carbocycles. The molecule has 0 N–H and O–H groups in total. The molecule has 4 heteroatoms. The molecule has 0 saturated carbocycles. The summed E-state index contributed by atoms with van der Waals surface area (Å²) in [6.07, 6.45) is 3.70. The standard InChI is InChI=1S/C16H32N2O2.C4H10.2C2H6/c1-13(2)15(19)18-9-7-17(8-10-18)12-14(3)11-16(4,5)20-6;1-3-4-2;2*1-2/h13-14H,7-12H2,1-6H3;3-4H2,1-2H3;2*1-2H3. The van der Waals surface area contributed by atoms with E-state index in [1.54, 1.807) is 7.11 Å². The van der Waals surface area contributed by atoms with E-state index in [0.29, 0.717) is 11.8 Å². The zero-order valence-electron chi connectivity index (χ0n) is 21.5. The average molecular weight is 403 g/mol. The van der Waals surface area contributed by atoms with Crippen molar-refractivity contribution in [2.75, 3.05) is 39.8 Å². The molecule has 0 bridgehead atoms. The van der Waals surface area contributed by atoms with Crippen LogP contribution in [-0.4, -0.2) is 61.1 Å². The van der Waals surface area contributed by atoms with Gasteiger partial charge in [-0.1, -0.05) is 75.2 Å². The fraction of sp³-hybridized carbons (Fsp3) is 0.958. The second-order valence-corrected chi connectivity index (χ2v) is 8.05. The van der Waals surface area contributed by atoms with Crippen LogP contribution in [0.25, 0.3) is 0 Å². The summed E-state index contributed by atoms with van der Waals surface area (Å²) >= 11 is 0. The molecule has 1 atom stereocenters. The molecule has 1 fully saturated rings. The van der Waals surface area contributed by atoms with Crippen molar-refractivity contribution in [2.24, 2.45) is 11.8 Å². The summed E-state index contributed by atoms with van der Waals surface area (Å²) < 4.78 is 5.50. The molecule has 1 aliphatic rings. The molecule has 1 aliphatic heterocycles. The molecule has 4 nitrogen and oxygen atoms in total. The number of hydrogen-bond donors (Lipinski definition) is 0. The molecule has 0 spiro atoms. The lowest BCUT2D eigenvalue weighted by molar-refractivity contribution is -0.136. The number of nitrogens with zero attached hydrogens (tertiary/aromatic N) is 2. The molecule has 1 amide bonds. The summed E-state index contributed by atoms with van der Waals surface area (Å²) in [6.45, 7) is 27.7. The van der Waals surface area contributed by atoms with E-state index < -0.39 is 0 Å². The van der Waals surface area contributed by atoms with Gasteiger partial charge >= 0.3 is 0 Å². The third kappa shape index (κ3) is 16.4. The first-order valence-electron chi connectivity index (χ1n) is 11.7. The summed E-state index contributed by atoms with van der Waals surface area (Å²) in [5, 5.41) is 0. The van der Waals surface area contributed by atoms with E-state index in [9.17, 15) is 4.79 Å². The van der Waals surface area contributed by atoms with Crippen molar-refractivity contribution in [2.45, 2.75) is 101 Å². The Labute approximate surface area is 178 Å². The quantitative estimate of drug-likeness (QED) is 0.516. The van der Waals surface area contributed by atoms with Gasteiger partial charge in [0.05, 0.1) is 5.60 Å². The monoisotopic (exact) mass is 402 g/mol. The van der Waals surface area contributed by atoms with Gasteiger partial charge in [0.25, 0.3) is 0 Å². The van der Waals surface area contributed by atoms with E-state index in [1.165, 1.54) is 12.8 Å². The zero-order chi connectivity index (χ0) is 22.8. The maximum Gasteiger partial charge on any atom is 0.225 e. The number of carbonyl (C=O) groups is 1. The highest BCUT2D eigenvalue weighted by atomic mass is 16.5. The largest absolute Gasteiger partial charge is 0.379 e. The Balaban J connectivity index is -0.000000675. The van der Waals surface area contributed by atoms with Gasteiger partial charge in [0.2, 0.25) is 5.91 Å². The van der Waals surface area contributed by atoms with Crippen molar-refractivity contribution in [3.63, 3.8) is 0 Å². The average Bonchev–Trinajstić information content (AvgIpc) is 2.70. The second-order valence-electron chi connectivity index (χ2n) is 8.05. The minimum atomic E-state index is -0.0468. The number of carbonyl (C=O) groups excluding carboxylic acids is 1. The highest BCUT2D eigenvalue weighted by molar-refractivity contribution is 5.78. The van der Waals surface area contributed by atoms with Gasteiger partial charge in [0, 0.05) is 45.8 Å². The van der Waals surface area contributed by atoms with Crippen LogP contribution in [0.1, 0.15) is 95.4 Å². The molecule has 1 unspecified atom stereocenters. The van der Waals surface area contributed by atoms with E-state index >= 15 is 0 Å². The maximum atomic E-state index is 11.9. The van der Waals surface area contributed by atoms with E-state index in [0.717, 1.165) is 39.1 Å². The molecule has 0 aromatic heterocycles. The summed E-state index contributed by atoms with van der Waals surface area (Å²) in [5.74, 6) is 1.01. The molecule has 1 heterocycles. The Morgan fingerprint density at radius 1 is 0.929 bits per heavy atom. The Kier molecular flexibility index (Phi) is 22.6. The van der Waals surface area contributed by atoms with Crippen LogP contribution in [0.15, 0.2) is 0 Å². The van der Waals surface area contributed by atoms with Gasteiger partial charge in [-0.15, -0.1) is 0 Å². The Hall–Kier alpha value is -0.610. The molecule has 1 saturated heterocycles. The maximum absolute atomic E-state index is 11.9. The molecule has 28 heavy (non-hydrogen) atoms. The van der Waals surface area contributed by atoms with Crippen molar-refractivity contribution in [3.8, 4) is 0 Å². The molecule has 0 aromatic rings. The lowest BCUT2D eigenvalue weighted by Gasteiger charge is -2.37. The first kappa shape index (κ1) is 32.1. The van der Waals surface area contributed by atoms with Gasteiger partial charge < -0.3 is 9.64 Å². The van der Waals surface area contributed by atoms with Gasteiger partial charge in [-0.05, 0) is 26.2 Å². The van der Waals surface area contributed by atoms with Crippen LogP contribution in [0.4, 0.5) is 0 Å². The number of piperazine rings is 1. The zero-order valence-corrected chi connectivity index (χ0v) is 21.5. The molecule has 172 valence electrons. The van der Waals surface area contributed by atoms with Crippen molar-refractivity contribution < 1.29 is 9.53 Å². The number of hydrogen-bond acceptors (Lipinski definition) is 3. The van der Waals surface area contributed by atoms with Crippen molar-refractivity contribution in [3.05, 3.63) is 0 Å². The topological polar surface area (TPSA) is 32.8 Å². The second kappa shape index (κ2) is 19.7. The summed E-state index contributed by atoms with van der Waals surface area (Å²) in [7, 11) is 1.78. The summed E-state index contributed by atoms with van der Waals surface area (Å²) in [6, 6.07) is 0. The van der Waals surface area contributed by atoms with E-state index in [4.69, 9.17) is 4.74 Å². The molecule has 1 rings (SSSR count). The highest BCUT2D eigenvalue weighted by Gasteiger charge is 2.25. The number of ether oxygens (including phenoxy) is 1. The van der Waals surface area contributed by atoms with Crippen LogP contribution in [0.3, 0.4) is 0 Å². The minimum Gasteiger partial charge on any atom is -0.379 e. The molecule has 0 aromatic carbocycles. The first-order chi connectivity index (χ1) is 13.2. The smallest absolute Gasteiger partial charge is 0.225 e. The predicted molar refractivity (Wildman–Crippen MR) is 126 cm³/mol. The lowest BCUT2D eigenvalue weighted by atomic mass is 9.94. The van der Waals surface area contributed by atoms with Crippen LogP contribution in [0.5, 0.6) is 0 Å². The van der Waals surface area contributed by atoms with Gasteiger partial charge in [0.1, 0.15) is 0 Å². The third-order valence-electron chi connectivity index (χ3n) is 4.64. The molecule has 0 radical (unpaired) electrons. The Bertz CT molecular complexity index is 333. The minimum absolute atomic E-state index is 0.0468. The highest BCUT2D eigenvalue weighted by Crippen LogP contribution is 2.20. The van der Waals surface area contributed by atoms with E-state index in [-0.39, 0.29) is 11.5 Å². The van der Waals surface area contributed by atoms with Gasteiger partial charge in [-0.25, -0.2) is 0 Å². The summed E-state index contributed by atoms with van der Waals surface area (Å²) in [4.78, 5) is 16.4. The number of unbranched alkanes of at least 4 members (excludes halogenated alkanes) is 1. The van der Waals surface area contributed by atoms with Crippen LogP contribution in [0, 0.1) is 11.8 Å². The Morgan fingerprint density at radius 3 is 1.68 bits per heavy atom. The van der Waals surface area contributed by atoms with Crippen molar-refractivity contribution in [1.82, 2.24) is 9.80 Å². The lowest BCUT2D eigenvalue weighted by Crippen LogP contribution is -2.50. The first-order valence-corrected chi connectivity index (χ1v) is 11.7. The fourth-order valence-corrected chi connectivity index (χ4v) is 2.94. The Morgan fingerprint density at radius 2 is 1.36 bits per heavy atom. The van der Waals surface area contributed by atoms with Crippen molar-refractivity contribution in [1.29, 1.82) is 0 Å². The number of amides is 1. The SMILES string of the molecule is CC.CC.CCCC.COC(C)(C)CC(C)CN1CCN(C(=O)C(C)C)CC1. The number of methoxy groups -OCH3 is 1. The van der Waals surface area contributed by atoms with Gasteiger partial charge in [-0.3, -0.25) is 9.69 Å². The van der Waals surface area contributed by atoms with Crippen LogP contribution in [0.2, 0.25) is 0 Å². The number of rotatable bonds is 7. The third-order valence-corrected chi connectivity index (χ3v) is 4.64. The van der Waals surface area contributed by atoms with E-state index in [1.807, 2.05) is 46.4 Å². The molecular formula is C24H54N2O2. The van der Waals surface area contributed by atoms with Gasteiger partial charge in [0.15, 0.2) is 0 Å².